The second-order valence-corrected chi connectivity index (χ2v) is 3.90. The summed E-state index contributed by atoms with van der Waals surface area (Å²) in [4.78, 5) is 15.8. The van der Waals surface area contributed by atoms with E-state index in [2.05, 4.69) is 10.3 Å². The van der Waals surface area contributed by atoms with Gasteiger partial charge in [0.25, 0.3) is 0 Å². The maximum Gasteiger partial charge on any atom is 0.249 e. The lowest BCUT2D eigenvalue weighted by Gasteiger charge is -2.03. The van der Waals surface area contributed by atoms with Crippen LogP contribution in [0.25, 0.3) is 6.08 Å². The lowest BCUT2D eigenvalue weighted by Crippen LogP contribution is -2.10. The fraction of sp³-hybridized carbons (Fsp3) is 0.0667. The minimum atomic E-state index is -0.180. The molecule has 1 aromatic carbocycles. The summed E-state index contributed by atoms with van der Waals surface area (Å²) in [5.41, 5.74) is 1.93. The Hall–Kier alpha value is -2.42. The van der Waals surface area contributed by atoms with Crippen molar-refractivity contribution in [2.45, 2.75) is 6.92 Å². The van der Waals surface area contributed by atoms with Crippen molar-refractivity contribution in [3.05, 3.63) is 65.9 Å². The Balaban J connectivity index is 2.02. The molecule has 1 heterocycles. The minimum Gasteiger partial charge on any atom is -0.307 e. The Bertz CT molecular complexity index is 562. The second kappa shape index (κ2) is 5.77. The van der Waals surface area contributed by atoms with Gasteiger partial charge in [-0.25, -0.2) is 4.98 Å². The number of carbonyl (C=O) groups excluding carboxylic acids is 1. The monoisotopic (exact) mass is 238 g/mol. The number of hydrogen-bond acceptors (Lipinski definition) is 2. The molecule has 1 N–H and O–H groups in total. The Kier molecular flexibility index (Phi) is 3.86. The highest BCUT2D eigenvalue weighted by molar-refractivity contribution is 6.01. The van der Waals surface area contributed by atoms with Crippen molar-refractivity contribution < 1.29 is 4.79 Å². The van der Waals surface area contributed by atoms with Crippen molar-refractivity contribution in [3.63, 3.8) is 0 Å². The molecule has 0 aliphatic heterocycles. The molecule has 0 saturated carbocycles. The average molecular weight is 238 g/mol. The molecule has 18 heavy (non-hydrogen) atoms. The number of carbonyl (C=O) groups is 1. The van der Waals surface area contributed by atoms with Crippen LogP contribution < -0.4 is 5.32 Å². The number of amides is 1. The number of anilines is 1. The molecule has 0 bridgehead atoms. The third-order valence-electron chi connectivity index (χ3n) is 2.48. The van der Waals surface area contributed by atoms with Gasteiger partial charge in [-0.3, -0.25) is 4.79 Å². The third-order valence-corrected chi connectivity index (χ3v) is 2.48. The number of nitrogens with zero attached hydrogens (tertiary/aromatic N) is 1. The first-order valence-corrected chi connectivity index (χ1v) is 5.71. The van der Waals surface area contributed by atoms with Crippen LogP contribution in [0.3, 0.4) is 0 Å². The molecule has 1 amide bonds. The van der Waals surface area contributed by atoms with Gasteiger partial charge in [-0.15, -0.1) is 0 Å². The highest BCUT2D eigenvalue weighted by Crippen LogP contribution is 2.09. The van der Waals surface area contributed by atoms with E-state index in [4.69, 9.17) is 0 Å². The summed E-state index contributed by atoms with van der Waals surface area (Å²) < 4.78 is 0. The molecule has 90 valence electrons. The number of pyridine rings is 1. The van der Waals surface area contributed by atoms with E-state index in [1.54, 1.807) is 12.3 Å². The zero-order valence-corrected chi connectivity index (χ0v) is 10.1. The molecule has 0 fully saturated rings. The van der Waals surface area contributed by atoms with Crippen LogP contribution in [0.4, 0.5) is 5.82 Å². The van der Waals surface area contributed by atoms with Crippen molar-refractivity contribution in [3.8, 4) is 0 Å². The molecule has 0 atom stereocenters. The maximum atomic E-state index is 11.7. The molecular formula is C15H14N2O. The van der Waals surface area contributed by atoms with E-state index in [-0.39, 0.29) is 5.91 Å². The van der Waals surface area contributed by atoms with Crippen LogP contribution in [-0.2, 0) is 4.79 Å². The van der Waals surface area contributed by atoms with E-state index in [9.17, 15) is 4.79 Å². The summed E-state index contributed by atoms with van der Waals surface area (Å²) in [6, 6.07) is 13.4. The molecule has 3 heteroatoms. The standard InChI is InChI=1S/C15H14N2O/c1-12-6-5-11-16-15(12)17-14(18)10-9-13-7-3-2-4-8-13/h2-11H,1H3,(H,16,17,18). The third kappa shape index (κ3) is 3.28. The summed E-state index contributed by atoms with van der Waals surface area (Å²) in [7, 11) is 0. The number of rotatable bonds is 3. The molecule has 0 aliphatic carbocycles. The van der Waals surface area contributed by atoms with Gasteiger partial charge in [-0.1, -0.05) is 36.4 Å². The average Bonchev–Trinajstić information content (AvgIpc) is 2.40. The Labute approximate surface area is 106 Å². The molecule has 0 saturated heterocycles. The van der Waals surface area contributed by atoms with Crippen molar-refractivity contribution in [1.29, 1.82) is 0 Å². The van der Waals surface area contributed by atoms with Crippen LogP contribution in [0, 0.1) is 6.92 Å². The van der Waals surface area contributed by atoms with Crippen LogP contribution in [0.2, 0.25) is 0 Å². The van der Waals surface area contributed by atoms with Gasteiger partial charge >= 0.3 is 0 Å². The molecule has 0 unspecified atom stereocenters. The highest BCUT2D eigenvalue weighted by Gasteiger charge is 2.01. The molecule has 3 nitrogen and oxygen atoms in total. The summed E-state index contributed by atoms with van der Waals surface area (Å²) in [5, 5.41) is 2.74. The van der Waals surface area contributed by atoms with Gasteiger partial charge in [-0.05, 0) is 30.2 Å². The Morgan fingerprint density at radius 2 is 1.94 bits per heavy atom. The van der Waals surface area contributed by atoms with E-state index in [1.807, 2.05) is 49.4 Å². The molecule has 0 aliphatic rings. The smallest absolute Gasteiger partial charge is 0.249 e. The summed E-state index contributed by atoms with van der Waals surface area (Å²) in [6.07, 6.45) is 4.93. The normalized spacial score (nSPS) is 10.5. The lowest BCUT2D eigenvalue weighted by atomic mass is 10.2. The van der Waals surface area contributed by atoms with Crippen molar-refractivity contribution in [2.75, 3.05) is 5.32 Å². The molecule has 2 aromatic rings. The summed E-state index contributed by atoms with van der Waals surface area (Å²) in [5.74, 6) is 0.417. The Morgan fingerprint density at radius 3 is 2.67 bits per heavy atom. The predicted molar refractivity (Wildman–Crippen MR) is 73.1 cm³/mol. The number of benzene rings is 1. The number of aromatic nitrogens is 1. The first-order chi connectivity index (χ1) is 8.75. The number of hydrogen-bond donors (Lipinski definition) is 1. The van der Waals surface area contributed by atoms with Gasteiger partial charge in [0.15, 0.2) is 0 Å². The number of aryl methyl sites for hydroxylation is 1. The molecule has 1 aromatic heterocycles. The van der Waals surface area contributed by atoms with Gasteiger partial charge in [0.1, 0.15) is 5.82 Å². The van der Waals surface area contributed by atoms with Gasteiger partial charge in [0.05, 0.1) is 0 Å². The molecular weight excluding hydrogens is 224 g/mol. The van der Waals surface area contributed by atoms with Crippen LogP contribution in [0.15, 0.2) is 54.7 Å². The fourth-order valence-corrected chi connectivity index (χ4v) is 1.51. The largest absolute Gasteiger partial charge is 0.307 e. The SMILES string of the molecule is Cc1cccnc1NC(=O)C=Cc1ccccc1. The van der Waals surface area contributed by atoms with Crippen molar-refractivity contribution in [1.82, 2.24) is 4.98 Å². The van der Waals surface area contributed by atoms with E-state index >= 15 is 0 Å². The maximum absolute atomic E-state index is 11.7. The topological polar surface area (TPSA) is 42.0 Å². The van der Waals surface area contributed by atoms with Crippen molar-refractivity contribution >= 4 is 17.8 Å². The molecule has 2 rings (SSSR count). The van der Waals surface area contributed by atoms with E-state index in [0.717, 1.165) is 11.1 Å². The fourth-order valence-electron chi connectivity index (χ4n) is 1.51. The first-order valence-electron chi connectivity index (χ1n) is 5.71. The highest BCUT2D eigenvalue weighted by atomic mass is 16.1. The zero-order valence-electron chi connectivity index (χ0n) is 10.1. The van der Waals surface area contributed by atoms with E-state index in [0.29, 0.717) is 5.82 Å². The quantitative estimate of drug-likeness (QED) is 0.835. The molecule has 0 radical (unpaired) electrons. The number of nitrogens with one attached hydrogen (secondary N) is 1. The summed E-state index contributed by atoms with van der Waals surface area (Å²) in [6.45, 7) is 1.91. The summed E-state index contributed by atoms with van der Waals surface area (Å²) >= 11 is 0. The predicted octanol–water partition coefficient (Wildman–Crippen LogP) is 3.04. The van der Waals surface area contributed by atoms with Crippen LogP contribution in [-0.4, -0.2) is 10.9 Å². The minimum absolute atomic E-state index is 0.180. The van der Waals surface area contributed by atoms with Gasteiger partial charge in [0, 0.05) is 12.3 Å². The zero-order chi connectivity index (χ0) is 12.8. The Morgan fingerprint density at radius 1 is 1.17 bits per heavy atom. The van der Waals surface area contributed by atoms with Crippen LogP contribution in [0.5, 0.6) is 0 Å². The van der Waals surface area contributed by atoms with Crippen LogP contribution >= 0.6 is 0 Å². The van der Waals surface area contributed by atoms with E-state index < -0.39 is 0 Å². The van der Waals surface area contributed by atoms with Gasteiger partial charge in [0.2, 0.25) is 5.91 Å². The lowest BCUT2D eigenvalue weighted by molar-refractivity contribution is -0.111. The van der Waals surface area contributed by atoms with Crippen molar-refractivity contribution in [2.24, 2.45) is 0 Å². The molecule has 0 spiro atoms. The van der Waals surface area contributed by atoms with Crippen LogP contribution in [0.1, 0.15) is 11.1 Å². The van der Waals surface area contributed by atoms with Gasteiger partial charge < -0.3 is 5.32 Å². The van der Waals surface area contributed by atoms with Gasteiger partial charge in [-0.2, -0.15) is 0 Å². The second-order valence-electron chi connectivity index (χ2n) is 3.90. The van der Waals surface area contributed by atoms with E-state index in [1.165, 1.54) is 6.08 Å². The first kappa shape index (κ1) is 12.0.